The molecular weight excluding hydrogens is 394 g/mol. The number of hydrogen-bond acceptors (Lipinski definition) is 4. The van der Waals surface area contributed by atoms with Gasteiger partial charge in [0.2, 0.25) is 0 Å². The summed E-state index contributed by atoms with van der Waals surface area (Å²) in [5.41, 5.74) is 2.43. The van der Waals surface area contributed by atoms with E-state index in [4.69, 9.17) is 9.84 Å². The quantitative estimate of drug-likeness (QED) is 0.527. The Morgan fingerprint density at radius 2 is 1.93 bits per heavy atom. The Balaban J connectivity index is 1.69. The summed E-state index contributed by atoms with van der Waals surface area (Å²) in [4.78, 5) is 11.2. The molecule has 1 heterocycles. The minimum Gasteiger partial charge on any atom is -0.493 e. The number of aliphatic hydroxyl groups excluding tert-OH is 1. The van der Waals surface area contributed by atoms with Gasteiger partial charge in [0, 0.05) is 30.6 Å². The Kier molecular flexibility index (Phi) is 7.23. The van der Waals surface area contributed by atoms with E-state index in [1.54, 1.807) is 0 Å². The van der Waals surface area contributed by atoms with Crippen molar-refractivity contribution in [1.82, 2.24) is 10.6 Å². The van der Waals surface area contributed by atoms with Gasteiger partial charge in [-0.25, -0.2) is 13.6 Å². The van der Waals surface area contributed by atoms with Gasteiger partial charge in [0.05, 0.1) is 18.8 Å². The van der Waals surface area contributed by atoms with E-state index in [1.165, 1.54) is 5.56 Å². The van der Waals surface area contributed by atoms with Gasteiger partial charge < -0.3 is 25.6 Å². The third-order valence-electron chi connectivity index (χ3n) is 5.25. The number of amides is 1. The zero-order valence-electron chi connectivity index (χ0n) is 16.7. The van der Waals surface area contributed by atoms with Crippen LogP contribution in [0.15, 0.2) is 36.4 Å². The molecule has 1 aliphatic rings. The molecule has 8 heteroatoms. The predicted molar refractivity (Wildman–Crippen MR) is 108 cm³/mol. The highest BCUT2D eigenvalue weighted by atomic mass is 19.1. The molecule has 6 nitrogen and oxygen atoms in total. The van der Waals surface area contributed by atoms with Crippen LogP contribution in [0.4, 0.5) is 13.6 Å². The summed E-state index contributed by atoms with van der Waals surface area (Å²) in [6.45, 7) is 2.70. The molecule has 3 atom stereocenters. The Hall–Kier alpha value is -2.71. The average molecular weight is 420 g/mol. The molecule has 162 valence electrons. The number of rotatable bonds is 8. The van der Waals surface area contributed by atoms with E-state index < -0.39 is 29.9 Å². The van der Waals surface area contributed by atoms with Gasteiger partial charge in [-0.05, 0) is 42.2 Å². The Morgan fingerprint density at radius 1 is 1.20 bits per heavy atom. The van der Waals surface area contributed by atoms with Crippen molar-refractivity contribution in [3.05, 3.63) is 64.7 Å². The van der Waals surface area contributed by atoms with Crippen molar-refractivity contribution in [3.63, 3.8) is 0 Å². The van der Waals surface area contributed by atoms with Gasteiger partial charge in [-0.3, -0.25) is 0 Å². The van der Waals surface area contributed by atoms with Crippen LogP contribution in [0.25, 0.3) is 0 Å². The molecule has 1 amide bonds. The van der Waals surface area contributed by atoms with E-state index in [1.807, 2.05) is 12.1 Å². The van der Waals surface area contributed by atoms with Crippen molar-refractivity contribution < 1.29 is 28.5 Å². The number of ether oxygens (including phenoxy) is 1. The van der Waals surface area contributed by atoms with Gasteiger partial charge in [0.15, 0.2) is 0 Å². The molecular formula is C22H26F2N2O4. The lowest BCUT2D eigenvalue weighted by atomic mass is 9.96. The molecule has 3 rings (SSSR count). The molecule has 1 aliphatic heterocycles. The summed E-state index contributed by atoms with van der Waals surface area (Å²) in [6.07, 6.45) is -0.877. The van der Waals surface area contributed by atoms with Crippen LogP contribution in [-0.2, 0) is 12.8 Å². The normalized spacial score (nSPS) is 17.5. The van der Waals surface area contributed by atoms with Crippen LogP contribution in [0.3, 0.4) is 0 Å². The van der Waals surface area contributed by atoms with Gasteiger partial charge in [-0.1, -0.05) is 19.1 Å². The number of nitrogens with one attached hydrogen (secondary N) is 2. The molecule has 2 aromatic rings. The molecule has 30 heavy (non-hydrogen) atoms. The fourth-order valence-electron chi connectivity index (χ4n) is 3.71. The molecule has 2 aromatic carbocycles. The molecule has 0 aromatic heterocycles. The number of fused-ring (bicyclic) bond motifs is 1. The van der Waals surface area contributed by atoms with Crippen molar-refractivity contribution in [2.45, 2.75) is 44.4 Å². The first kappa shape index (κ1) is 22.0. The van der Waals surface area contributed by atoms with Crippen molar-refractivity contribution in [1.29, 1.82) is 0 Å². The number of halogens is 2. The highest BCUT2D eigenvalue weighted by molar-refractivity contribution is 5.65. The highest BCUT2D eigenvalue weighted by Gasteiger charge is 2.26. The van der Waals surface area contributed by atoms with E-state index in [0.29, 0.717) is 13.0 Å². The molecule has 0 saturated carbocycles. The van der Waals surface area contributed by atoms with Crippen LogP contribution in [-0.4, -0.2) is 41.6 Å². The fraction of sp³-hybridized carbons (Fsp3) is 0.409. The third kappa shape index (κ3) is 5.67. The van der Waals surface area contributed by atoms with Crippen LogP contribution in [0.1, 0.15) is 36.1 Å². The van der Waals surface area contributed by atoms with Crippen molar-refractivity contribution in [3.8, 4) is 5.75 Å². The van der Waals surface area contributed by atoms with Gasteiger partial charge in [-0.2, -0.15) is 0 Å². The predicted octanol–water partition coefficient (Wildman–Crippen LogP) is 3.18. The Bertz CT molecular complexity index is 873. The number of aryl methyl sites for hydroxylation is 1. The minimum absolute atomic E-state index is 0.0474. The van der Waals surface area contributed by atoms with Crippen molar-refractivity contribution in [2.24, 2.45) is 0 Å². The zero-order chi connectivity index (χ0) is 21.7. The topological polar surface area (TPSA) is 90.8 Å². The summed E-state index contributed by atoms with van der Waals surface area (Å²) < 4.78 is 32.6. The maximum atomic E-state index is 13.5. The summed E-state index contributed by atoms with van der Waals surface area (Å²) in [5, 5.41) is 25.3. The number of hydrogen-bond donors (Lipinski definition) is 4. The fourth-order valence-corrected chi connectivity index (χ4v) is 3.71. The molecule has 0 bridgehead atoms. The summed E-state index contributed by atoms with van der Waals surface area (Å²) in [7, 11) is 0. The number of carboxylic acid groups (broad SMARTS) is 1. The molecule has 0 fully saturated rings. The van der Waals surface area contributed by atoms with Crippen LogP contribution in [0.5, 0.6) is 5.75 Å². The maximum Gasteiger partial charge on any atom is 0.404 e. The molecule has 0 spiro atoms. The van der Waals surface area contributed by atoms with E-state index in [9.17, 15) is 18.7 Å². The van der Waals surface area contributed by atoms with Crippen LogP contribution >= 0.6 is 0 Å². The molecule has 1 unspecified atom stereocenters. The second-order valence-electron chi connectivity index (χ2n) is 7.43. The third-order valence-corrected chi connectivity index (χ3v) is 5.25. The van der Waals surface area contributed by atoms with Crippen molar-refractivity contribution >= 4 is 6.09 Å². The van der Waals surface area contributed by atoms with E-state index in [-0.39, 0.29) is 24.6 Å². The Morgan fingerprint density at radius 3 is 2.60 bits per heavy atom. The lowest BCUT2D eigenvalue weighted by molar-refractivity contribution is 0.112. The first-order chi connectivity index (χ1) is 14.4. The van der Waals surface area contributed by atoms with Gasteiger partial charge in [-0.15, -0.1) is 0 Å². The van der Waals surface area contributed by atoms with Crippen LogP contribution in [0.2, 0.25) is 0 Å². The SMILES string of the molecule is CCc1ccc2c(c1)C(NC[C@H](O)[C@H](Cc1cc(F)cc(F)c1)NC(=O)O)CCO2. The lowest BCUT2D eigenvalue weighted by Gasteiger charge is -2.30. The van der Waals surface area contributed by atoms with E-state index in [0.717, 1.165) is 35.9 Å². The minimum atomic E-state index is -1.32. The van der Waals surface area contributed by atoms with Crippen LogP contribution in [0, 0.1) is 11.6 Å². The summed E-state index contributed by atoms with van der Waals surface area (Å²) in [5.74, 6) is -0.713. The maximum absolute atomic E-state index is 13.5. The van der Waals surface area contributed by atoms with Gasteiger partial charge in [0.1, 0.15) is 17.4 Å². The molecule has 0 saturated heterocycles. The molecule has 0 aliphatic carbocycles. The summed E-state index contributed by atoms with van der Waals surface area (Å²) >= 11 is 0. The Labute approximate surface area is 173 Å². The van der Waals surface area contributed by atoms with Crippen molar-refractivity contribution in [2.75, 3.05) is 13.2 Å². The molecule has 4 N–H and O–H groups in total. The average Bonchev–Trinajstić information content (AvgIpc) is 2.70. The van der Waals surface area contributed by atoms with Gasteiger partial charge in [0.25, 0.3) is 0 Å². The van der Waals surface area contributed by atoms with E-state index in [2.05, 4.69) is 23.6 Å². The second-order valence-corrected chi connectivity index (χ2v) is 7.43. The highest BCUT2D eigenvalue weighted by Crippen LogP contribution is 2.33. The lowest BCUT2D eigenvalue weighted by Crippen LogP contribution is -2.49. The zero-order valence-corrected chi connectivity index (χ0v) is 16.7. The number of benzene rings is 2. The summed E-state index contributed by atoms with van der Waals surface area (Å²) in [6, 6.07) is 8.04. The number of carbonyl (C=O) groups is 1. The van der Waals surface area contributed by atoms with Crippen LogP contribution < -0.4 is 15.4 Å². The van der Waals surface area contributed by atoms with Gasteiger partial charge >= 0.3 is 6.09 Å². The first-order valence-corrected chi connectivity index (χ1v) is 9.97. The smallest absolute Gasteiger partial charge is 0.404 e. The number of aliphatic hydroxyl groups is 1. The first-order valence-electron chi connectivity index (χ1n) is 9.97. The van der Waals surface area contributed by atoms with E-state index >= 15 is 0 Å². The standard InChI is InChI=1S/C22H26F2N2O4/c1-2-13-3-4-21-17(9-13)18(5-6-30-21)25-12-20(27)19(26-22(28)29)10-14-7-15(23)11-16(24)8-14/h3-4,7-9,11,18-20,25-27H,2,5-6,10,12H2,1H3,(H,28,29)/t18?,19-,20-/m0/s1. The monoisotopic (exact) mass is 420 g/mol. The second kappa shape index (κ2) is 9.86. The largest absolute Gasteiger partial charge is 0.493 e. The molecule has 0 radical (unpaired) electrons.